The van der Waals surface area contributed by atoms with Crippen LogP contribution in [0.2, 0.25) is 0 Å². The molecule has 0 aliphatic carbocycles. The van der Waals surface area contributed by atoms with Crippen molar-refractivity contribution in [2.45, 2.75) is 38.4 Å². The Hall–Kier alpha value is -1.63. The molecule has 3 N–H and O–H groups in total. The fraction of sp³-hybridized carbons (Fsp3) is 0.500. The Kier molecular flexibility index (Phi) is 5.29. The second-order valence-corrected chi connectivity index (χ2v) is 4.35. The number of nitrogens with two attached hydrogens (primary N) is 1. The summed E-state index contributed by atoms with van der Waals surface area (Å²) in [4.78, 5) is 14.7. The van der Waals surface area contributed by atoms with E-state index < -0.39 is 11.9 Å². The molecule has 4 nitrogen and oxygen atoms in total. The van der Waals surface area contributed by atoms with Gasteiger partial charge in [0.1, 0.15) is 5.69 Å². The molecule has 0 aromatic carbocycles. The zero-order valence-corrected chi connectivity index (χ0v) is 10.5. The Morgan fingerprint density at radius 3 is 2.63 bits per heavy atom. The highest BCUT2D eigenvalue weighted by molar-refractivity contribution is 5.90. The number of pyridine rings is 1. The van der Waals surface area contributed by atoms with Crippen molar-refractivity contribution in [3.8, 4) is 0 Å². The molecule has 0 fully saturated rings. The number of hydrogen-bond acceptors (Lipinski definition) is 3. The third kappa shape index (κ3) is 5.69. The maximum absolute atomic E-state index is 12.3. The van der Waals surface area contributed by atoms with Gasteiger partial charge in [-0.1, -0.05) is 0 Å². The molecule has 0 spiro atoms. The van der Waals surface area contributed by atoms with Crippen LogP contribution in [0.5, 0.6) is 0 Å². The van der Waals surface area contributed by atoms with E-state index in [1.807, 2.05) is 6.92 Å². The standard InChI is InChI=1S/C12H16F3N3O/c1-8(16)3-2-4-11(19)18-9-5-6-10(17-7-9)12(13,14)15/h5-8H,2-4,16H2,1H3,(H,18,19). The van der Waals surface area contributed by atoms with Crippen molar-refractivity contribution in [3.63, 3.8) is 0 Å². The number of carbonyl (C=O) groups excluding carboxylic acids is 1. The summed E-state index contributed by atoms with van der Waals surface area (Å²) >= 11 is 0. The Morgan fingerprint density at radius 2 is 2.16 bits per heavy atom. The molecule has 1 amide bonds. The molecular formula is C12H16F3N3O. The van der Waals surface area contributed by atoms with Gasteiger partial charge in [-0.15, -0.1) is 0 Å². The first-order valence-electron chi connectivity index (χ1n) is 5.87. The van der Waals surface area contributed by atoms with Gasteiger partial charge in [0.2, 0.25) is 5.91 Å². The van der Waals surface area contributed by atoms with Crippen LogP contribution in [0.1, 0.15) is 31.9 Å². The van der Waals surface area contributed by atoms with Gasteiger partial charge in [-0.3, -0.25) is 4.79 Å². The number of carbonyl (C=O) groups is 1. The molecule has 1 unspecified atom stereocenters. The average Bonchev–Trinajstić information content (AvgIpc) is 2.27. The van der Waals surface area contributed by atoms with Crippen LogP contribution in [-0.4, -0.2) is 16.9 Å². The summed E-state index contributed by atoms with van der Waals surface area (Å²) in [5.74, 6) is -0.262. The monoisotopic (exact) mass is 275 g/mol. The van der Waals surface area contributed by atoms with Gasteiger partial charge in [0, 0.05) is 12.5 Å². The van der Waals surface area contributed by atoms with Crippen molar-refractivity contribution in [2.75, 3.05) is 5.32 Å². The van der Waals surface area contributed by atoms with Crippen molar-refractivity contribution in [1.82, 2.24) is 4.98 Å². The molecule has 1 rings (SSSR count). The number of hydrogen-bond donors (Lipinski definition) is 2. The van der Waals surface area contributed by atoms with Crippen LogP contribution in [0.4, 0.5) is 18.9 Å². The molecule has 1 aromatic heterocycles. The quantitative estimate of drug-likeness (QED) is 0.867. The van der Waals surface area contributed by atoms with Crippen molar-refractivity contribution >= 4 is 11.6 Å². The highest BCUT2D eigenvalue weighted by Gasteiger charge is 2.32. The molecule has 19 heavy (non-hydrogen) atoms. The van der Waals surface area contributed by atoms with E-state index in [1.165, 1.54) is 6.07 Å². The van der Waals surface area contributed by atoms with Gasteiger partial charge in [0.25, 0.3) is 0 Å². The van der Waals surface area contributed by atoms with Gasteiger partial charge in [0.05, 0.1) is 11.9 Å². The molecule has 1 heterocycles. The minimum Gasteiger partial charge on any atom is -0.328 e. The van der Waals surface area contributed by atoms with Gasteiger partial charge in [-0.05, 0) is 31.9 Å². The Balaban J connectivity index is 2.47. The van der Waals surface area contributed by atoms with E-state index in [-0.39, 0.29) is 24.1 Å². The first-order chi connectivity index (χ1) is 8.79. The van der Waals surface area contributed by atoms with Gasteiger partial charge < -0.3 is 11.1 Å². The summed E-state index contributed by atoms with van der Waals surface area (Å²) in [5, 5.41) is 2.48. The topological polar surface area (TPSA) is 68.0 Å². The lowest BCUT2D eigenvalue weighted by atomic mass is 10.1. The largest absolute Gasteiger partial charge is 0.433 e. The van der Waals surface area contributed by atoms with E-state index in [0.717, 1.165) is 18.7 Å². The van der Waals surface area contributed by atoms with E-state index in [9.17, 15) is 18.0 Å². The maximum atomic E-state index is 12.3. The molecule has 0 aliphatic heterocycles. The second-order valence-electron chi connectivity index (χ2n) is 4.35. The van der Waals surface area contributed by atoms with Gasteiger partial charge in [0.15, 0.2) is 0 Å². The van der Waals surface area contributed by atoms with Gasteiger partial charge in [-0.25, -0.2) is 4.98 Å². The van der Waals surface area contributed by atoms with E-state index in [2.05, 4.69) is 10.3 Å². The number of nitrogens with zero attached hydrogens (tertiary/aromatic N) is 1. The normalized spacial score (nSPS) is 13.1. The van der Waals surface area contributed by atoms with E-state index in [1.54, 1.807) is 0 Å². The Bertz CT molecular complexity index is 415. The molecule has 1 aromatic rings. The SMILES string of the molecule is CC(N)CCCC(=O)Nc1ccc(C(F)(F)F)nc1. The van der Waals surface area contributed by atoms with E-state index in [0.29, 0.717) is 6.42 Å². The summed E-state index contributed by atoms with van der Waals surface area (Å²) in [5.41, 5.74) is 4.81. The zero-order chi connectivity index (χ0) is 14.5. The van der Waals surface area contributed by atoms with Crippen LogP contribution in [0.15, 0.2) is 18.3 Å². The van der Waals surface area contributed by atoms with Crippen LogP contribution in [0.25, 0.3) is 0 Å². The number of aromatic nitrogens is 1. The first kappa shape index (κ1) is 15.4. The van der Waals surface area contributed by atoms with Crippen molar-refractivity contribution in [3.05, 3.63) is 24.0 Å². The van der Waals surface area contributed by atoms with Crippen molar-refractivity contribution < 1.29 is 18.0 Å². The number of nitrogens with one attached hydrogen (secondary N) is 1. The van der Waals surface area contributed by atoms with Gasteiger partial charge >= 0.3 is 6.18 Å². The molecule has 0 aliphatic rings. The summed E-state index contributed by atoms with van der Waals surface area (Å²) in [7, 11) is 0. The highest BCUT2D eigenvalue weighted by atomic mass is 19.4. The Labute approximate surface area is 109 Å². The summed E-state index contributed by atoms with van der Waals surface area (Å²) < 4.78 is 36.8. The predicted molar refractivity (Wildman–Crippen MR) is 65.4 cm³/mol. The Morgan fingerprint density at radius 1 is 1.47 bits per heavy atom. The first-order valence-corrected chi connectivity index (χ1v) is 5.87. The predicted octanol–water partition coefficient (Wildman–Crippen LogP) is 2.56. The van der Waals surface area contributed by atoms with Gasteiger partial charge in [-0.2, -0.15) is 13.2 Å². The second kappa shape index (κ2) is 6.51. The molecule has 106 valence electrons. The molecule has 0 radical (unpaired) electrons. The fourth-order valence-corrected chi connectivity index (χ4v) is 1.44. The fourth-order valence-electron chi connectivity index (χ4n) is 1.44. The summed E-state index contributed by atoms with van der Waals surface area (Å²) in [6.45, 7) is 1.84. The molecule has 0 bridgehead atoms. The number of alkyl halides is 3. The third-order valence-corrected chi connectivity index (χ3v) is 2.40. The minimum absolute atomic E-state index is 0.0283. The third-order valence-electron chi connectivity index (χ3n) is 2.40. The highest BCUT2D eigenvalue weighted by Crippen LogP contribution is 2.27. The van der Waals surface area contributed by atoms with Crippen LogP contribution in [0.3, 0.4) is 0 Å². The number of amides is 1. The molecule has 1 atom stereocenters. The minimum atomic E-state index is -4.47. The lowest BCUT2D eigenvalue weighted by Crippen LogP contribution is -2.17. The molecule has 0 saturated heterocycles. The molecular weight excluding hydrogens is 259 g/mol. The van der Waals surface area contributed by atoms with Crippen LogP contribution < -0.4 is 11.1 Å². The summed E-state index contributed by atoms with van der Waals surface area (Å²) in [6, 6.07) is 2.04. The maximum Gasteiger partial charge on any atom is 0.433 e. The smallest absolute Gasteiger partial charge is 0.328 e. The zero-order valence-electron chi connectivity index (χ0n) is 10.5. The van der Waals surface area contributed by atoms with Crippen molar-refractivity contribution in [1.29, 1.82) is 0 Å². The molecule has 0 saturated carbocycles. The van der Waals surface area contributed by atoms with E-state index >= 15 is 0 Å². The van der Waals surface area contributed by atoms with Crippen LogP contribution in [-0.2, 0) is 11.0 Å². The number of rotatable bonds is 5. The summed E-state index contributed by atoms with van der Waals surface area (Å²) in [6.07, 6.45) is -1.84. The number of anilines is 1. The lowest BCUT2D eigenvalue weighted by Gasteiger charge is -2.08. The van der Waals surface area contributed by atoms with E-state index in [4.69, 9.17) is 5.73 Å². The van der Waals surface area contributed by atoms with Crippen molar-refractivity contribution in [2.24, 2.45) is 5.73 Å². The van der Waals surface area contributed by atoms with Crippen LogP contribution >= 0.6 is 0 Å². The number of halogens is 3. The average molecular weight is 275 g/mol. The molecule has 7 heteroatoms. The van der Waals surface area contributed by atoms with Crippen LogP contribution in [0, 0.1) is 0 Å². The lowest BCUT2D eigenvalue weighted by molar-refractivity contribution is -0.141.